The van der Waals surface area contributed by atoms with E-state index in [0.717, 1.165) is 4.88 Å². The summed E-state index contributed by atoms with van der Waals surface area (Å²) in [6.45, 7) is 10.1. The fourth-order valence-electron chi connectivity index (χ4n) is 2.66. The average molecular weight is 529 g/mol. The van der Waals surface area contributed by atoms with E-state index in [-0.39, 0.29) is 37.6 Å². The average Bonchev–Trinajstić information content (AvgIpc) is 3.30. The van der Waals surface area contributed by atoms with Gasteiger partial charge in [0.15, 0.2) is 0 Å². The number of urea groups is 1. The van der Waals surface area contributed by atoms with E-state index in [9.17, 15) is 19.2 Å². The highest BCUT2D eigenvalue weighted by Crippen LogP contribution is 2.07. The first-order chi connectivity index (χ1) is 16.9. The molecule has 0 bridgehead atoms. The van der Waals surface area contributed by atoms with Gasteiger partial charge in [-0.15, -0.1) is 11.3 Å². The molecule has 1 rings (SSSR count). The summed E-state index contributed by atoms with van der Waals surface area (Å²) in [5.74, 6) is -0.358. The number of carbonyl (C=O) groups excluding carboxylic acids is 4. The van der Waals surface area contributed by atoms with Crippen molar-refractivity contribution >= 4 is 35.5 Å². The number of amides is 5. The molecule has 0 fully saturated rings. The van der Waals surface area contributed by atoms with Crippen LogP contribution in [0.5, 0.6) is 0 Å². The highest BCUT2D eigenvalue weighted by molar-refractivity contribution is 7.09. The zero-order chi connectivity index (χ0) is 27.1. The van der Waals surface area contributed by atoms with Crippen molar-refractivity contribution < 1.29 is 28.7 Å². The molecule has 204 valence electrons. The predicted octanol–water partition coefficient (Wildman–Crippen LogP) is 2.60. The van der Waals surface area contributed by atoms with Gasteiger partial charge in [-0.3, -0.25) is 9.78 Å². The Labute approximate surface area is 216 Å². The summed E-state index contributed by atoms with van der Waals surface area (Å²) in [7, 11) is 1.64. The molecule has 12 nitrogen and oxygen atoms in total. The van der Waals surface area contributed by atoms with Gasteiger partial charge in [0, 0.05) is 38.9 Å². The summed E-state index contributed by atoms with van der Waals surface area (Å²) < 4.78 is 10.3. The van der Waals surface area contributed by atoms with E-state index in [0.29, 0.717) is 25.9 Å². The molecule has 0 aliphatic heterocycles. The molecule has 1 unspecified atom stereocenters. The molecule has 1 aromatic heterocycles. The summed E-state index contributed by atoms with van der Waals surface area (Å²) in [5, 5.41) is 10.8. The number of unbranched alkanes of at least 4 members (excludes halogenated alkanes) is 1. The van der Waals surface area contributed by atoms with Crippen molar-refractivity contribution in [3.8, 4) is 0 Å². The number of alkyl carbamates (subject to hydrolysis) is 2. The molecule has 1 heterocycles. The molecule has 0 aromatic carbocycles. The Morgan fingerprint density at radius 1 is 1.03 bits per heavy atom. The van der Waals surface area contributed by atoms with E-state index in [4.69, 9.17) is 9.47 Å². The van der Waals surface area contributed by atoms with Gasteiger partial charge in [0.05, 0.1) is 10.4 Å². The second-order valence-electron chi connectivity index (χ2n) is 9.39. The summed E-state index contributed by atoms with van der Waals surface area (Å²) in [5.41, 5.74) is 1.03. The molecule has 5 amide bonds. The first-order valence-electron chi connectivity index (χ1n) is 11.9. The smallest absolute Gasteiger partial charge is 0.407 e. The molecule has 0 spiro atoms. The fraction of sp³-hybridized carbons (Fsp3) is 0.696. The molecular formula is C23H40N6O6S. The van der Waals surface area contributed by atoms with Gasteiger partial charge in [0.2, 0.25) is 5.91 Å². The zero-order valence-electron chi connectivity index (χ0n) is 22.0. The van der Waals surface area contributed by atoms with E-state index in [1.54, 1.807) is 39.5 Å². The third-order valence-corrected chi connectivity index (χ3v) is 5.56. The Hall–Kier alpha value is -3.09. The fourth-order valence-corrected chi connectivity index (χ4v) is 3.17. The largest absolute Gasteiger partial charge is 0.444 e. The molecule has 0 radical (unpaired) electrons. The molecular weight excluding hydrogens is 488 g/mol. The molecule has 1 atom stereocenters. The molecule has 0 aliphatic carbocycles. The van der Waals surface area contributed by atoms with Crippen molar-refractivity contribution in [1.82, 2.24) is 31.2 Å². The molecule has 0 saturated carbocycles. The number of nitrogens with one attached hydrogen (secondary N) is 4. The lowest BCUT2D eigenvalue weighted by atomic mass is 10.2. The molecule has 1 aromatic rings. The number of hydrogen-bond donors (Lipinski definition) is 4. The molecule has 13 heteroatoms. The summed E-state index contributed by atoms with van der Waals surface area (Å²) >= 11 is 1.41. The standard InChI is InChI=1S/C23H40N6O6S/c1-16(2)29(6)20(31)28-18(9-12-27-22(33)35-23(3,4)5)19(30)25-10-7-8-11-26-21(32)34-14-17-13-24-15-36-17/h13,15-16,18H,7-12,14H2,1-6H3,(H,25,30)(H,26,32)(H,27,33)(H,28,31). The van der Waals surface area contributed by atoms with E-state index in [2.05, 4.69) is 26.3 Å². The first-order valence-corrected chi connectivity index (χ1v) is 12.8. The van der Waals surface area contributed by atoms with Crippen LogP contribution in [0.3, 0.4) is 0 Å². The molecule has 0 aliphatic rings. The number of rotatable bonds is 13. The first kappa shape index (κ1) is 30.9. The van der Waals surface area contributed by atoms with Gasteiger partial charge >= 0.3 is 18.2 Å². The normalized spacial score (nSPS) is 11.9. The van der Waals surface area contributed by atoms with Crippen molar-refractivity contribution in [3.05, 3.63) is 16.6 Å². The zero-order valence-corrected chi connectivity index (χ0v) is 22.8. The van der Waals surface area contributed by atoms with Crippen LogP contribution < -0.4 is 21.3 Å². The van der Waals surface area contributed by atoms with Gasteiger partial charge in [-0.25, -0.2) is 14.4 Å². The maximum Gasteiger partial charge on any atom is 0.407 e. The van der Waals surface area contributed by atoms with Crippen LogP contribution in [0.2, 0.25) is 0 Å². The number of aromatic nitrogens is 1. The SMILES string of the molecule is CC(C)N(C)C(=O)NC(CCNC(=O)OC(C)(C)C)C(=O)NCCCCNC(=O)OCc1cncs1. The lowest BCUT2D eigenvalue weighted by molar-refractivity contribution is -0.123. The second-order valence-corrected chi connectivity index (χ2v) is 10.4. The van der Waals surface area contributed by atoms with E-state index < -0.39 is 23.8 Å². The summed E-state index contributed by atoms with van der Waals surface area (Å²) in [4.78, 5) is 55.0. The maximum absolute atomic E-state index is 12.7. The van der Waals surface area contributed by atoms with E-state index >= 15 is 0 Å². The minimum absolute atomic E-state index is 0.0465. The number of ether oxygens (including phenoxy) is 2. The molecule has 0 saturated heterocycles. The van der Waals surface area contributed by atoms with Crippen LogP contribution in [-0.4, -0.2) is 78.4 Å². The number of nitrogens with zero attached hydrogens (tertiary/aromatic N) is 2. The third kappa shape index (κ3) is 13.7. The minimum atomic E-state index is -0.839. The van der Waals surface area contributed by atoms with Crippen LogP contribution >= 0.6 is 11.3 Å². The Kier molecular flexibility index (Phi) is 13.6. The van der Waals surface area contributed by atoms with Crippen LogP contribution in [-0.2, 0) is 20.9 Å². The second kappa shape index (κ2) is 15.8. The van der Waals surface area contributed by atoms with Crippen LogP contribution in [0, 0.1) is 0 Å². The van der Waals surface area contributed by atoms with Crippen LogP contribution in [0.4, 0.5) is 14.4 Å². The maximum atomic E-state index is 12.7. The molecule has 4 N–H and O–H groups in total. The Morgan fingerprint density at radius 2 is 1.67 bits per heavy atom. The Balaban J connectivity index is 2.40. The van der Waals surface area contributed by atoms with E-state index in [1.165, 1.54) is 16.2 Å². The summed E-state index contributed by atoms with van der Waals surface area (Å²) in [6.07, 6.45) is 1.97. The Morgan fingerprint density at radius 3 is 2.25 bits per heavy atom. The van der Waals surface area contributed by atoms with Crippen molar-refractivity contribution in [1.29, 1.82) is 0 Å². The van der Waals surface area contributed by atoms with Gasteiger partial charge in [0.25, 0.3) is 0 Å². The highest BCUT2D eigenvalue weighted by atomic mass is 32.1. The van der Waals surface area contributed by atoms with Gasteiger partial charge in [-0.2, -0.15) is 0 Å². The number of hydrogen-bond acceptors (Lipinski definition) is 8. The number of carbonyl (C=O) groups is 4. The Bertz CT molecular complexity index is 828. The number of thiazole rings is 1. The van der Waals surface area contributed by atoms with Gasteiger partial charge < -0.3 is 35.6 Å². The van der Waals surface area contributed by atoms with Crippen LogP contribution in [0.25, 0.3) is 0 Å². The van der Waals surface area contributed by atoms with Crippen molar-refractivity contribution in [2.45, 2.75) is 78.2 Å². The van der Waals surface area contributed by atoms with Crippen molar-refractivity contribution in [2.24, 2.45) is 0 Å². The van der Waals surface area contributed by atoms with Crippen LogP contribution in [0.1, 0.15) is 58.8 Å². The predicted molar refractivity (Wildman–Crippen MR) is 137 cm³/mol. The van der Waals surface area contributed by atoms with Crippen molar-refractivity contribution in [2.75, 3.05) is 26.7 Å². The lowest BCUT2D eigenvalue weighted by Crippen LogP contribution is -2.52. The highest BCUT2D eigenvalue weighted by Gasteiger charge is 2.24. The lowest BCUT2D eigenvalue weighted by Gasteiger charge is -2.26. The monoisotopic (exact) mass is 528 g/mol. The topological polar surface area (TPSA) is 151 Å². The van der Waals surface area contributed by atoms with Gasteiger partial charge in [-0.05, 0) is 53.9 Å². The van der Waals surface area contributed by atoms with Crippen LogP contribution in [0.15, 0.2) is 11.7 Å². The van der Waals surface area contributed by atoms with Gasteiger partial charge in [0.1, 0.15) is 18.2 Å². The summed E-state index contributed by atoms with van der Waals surface area (Å²) in [6, 6.07) is -1.27. The quantitative estimate of drug-likeness (QED) is 0.287. The van der Waals surface area contributed by atoms with E-state index in [1.807, 2.05) is 13.8 Å². The third-order valence-electron chi connectivity index (χ3n) is 4.81. The minimum Gasteiger partial charge on any atom is -0.444 e. The van der Waals surface area contributed by atoms with Crippen molar-refractivity contribution in [3.63, 3.8) is 0 Å². The molecule has 36 heavy (non-hydrogen) atoms. The van der Waals surface area contributed by atoms with Gasteiger partial charge in [-0.1, -0.05) is 0 Å².